The van der Waals surface area contributed by atoms with Crippen molar-refractivity contribution in [3.05, 3.63) is 42.1 Å². The molecule has 5 heteroatoms. The van der Waals surface area contributed by atoms with Crippen LogP contribution in [0.1, 0.15) is 31.4 Å². The molecule has 1 amide bonds. The molecule has 1 aliphatic rings. The first kappa shape index (κ1) is 14.8. The van der Waals surface area contributed by atoms with Crippen LogP contribution in [0.3, 0.4) is 0 Å². The third-order valence-electron chi connectivity index (χ3n) is 4.17. The van der Waals surface area contributed by atoms with Crippen molar-refractivity contribution in [2.45, 2.75) is 38.3 Å². The van der Waals surface area contributed by atoms with Crippen LogP contribution in [-0.4, -0.2) is 27.3 Å². The van der Waals surface area contributed by atoms with Crippen molar-refractivity contribution in [2.75, 3.05) is 0 Å². The molecule has 0 radical (unpaired) electrons. The third kappa shape index (κ3) is 3.54. The van der Waals surface area contributed by atoms with Crippen molar-refractivity contribution in [2.24, 2.45) is 5.92 Å². The number of benzene rings is 1. The van der Waals surface area contributed by atoms with Crippen molar-refractivity contribution >= 4 is 5.91 Å². The maximum atomic E-state index is 12.1. The number of H-pyrrole nitrogens is 1. The molecule has 0 aliphatic heterocycles. The zero-order valence-corrected chi connectivity index (χ0v) is 12.5. The average molecular weight is 299 g/mol. The fraction of sp³-hybridized carbons (Fsp3) is 0.412. The summed E-state index contributed by atoms with van der Waals surface area (Å²) < 4.78 is 0. The van der Waals surface area contributed by atoms with E-state index >= 15 is 0 Å². The average Bonchev–Trinajstić information content (AvgIpc) is 3.02. The molecule has 3 N–H and O–H groups in total. The monoisotopic (exact) mass is 299 g/mol. The molecule has 1 aromatic carbocycles. The van der Waals surface area contributed by atoms with Gasteiger partial charge in [0.15, 0.2) is 0 Å². The fourth-order valence-corrected chi connectivity index (χ4v) is 2.94. The van der Waals surface area contributed by atoms with E-state index in [-0.39, 0.29) is 17.9 Å². The van der Waals surface area contributed by atoms with Gasteiger partial charge in [-0.25, -0.2) is 0 Å². The smallest absolute Gasteiger partial charge is 0.223 e. The summed E-state index contributed by atoms with van der Waals surface area (Å²) in [5, 5.41) is 19.8. The number of aliphatic hydroxyl groups is 1. The van der Waals surface area contributed by atoms with E-state index in [0.29, 0.717) is 13.0 Å². The van der Waals surface area contributed by atoms with Crippen molar-refractivity contribution in [3.63, 3.8) is 0 Å². The maximum absolute atomic E-state index is 12.1. The van der Waals surface area contributed by atoms with Crippen LogP contribution in [0.25, 0.3) is 11.3 Å². The van der Waals surface area contributed by atoms with Gasteiger partial charge in [0, 0.05) is 11.5 Å². The van der Waals surface area contributed by atoms with E-state index < -0.39 is 0 Å². The molecule has 0 spiro atoms. The molecule has 22 heavy (non-hydrogen) atoms. The predicted octanol–water partition coefficient (Wildman–Crippen LogP) is 2.24. The Kier molecular flexibility index (Phi) is 4.53. The van der Waals surface area contributed by atoms with Gasteiger partial charge in [-0.15, -0.1) is 0 Å². The van der Waals surface area contributed by atoms with Crippen molar-refractivity contribution in [3.8, 4) is 11.3 Å². The lowest BCUT2D eigenvalue weighted by molar-refractivity contribution is -0.127. The van der Waals surface area contributed by atoms with Gasteiger partial charge in [0.25, 0.3) is 0 Å². The van der Waals surface area contributed by atoms with Crippen LogP contribution in [0.5, 0.6) is 0 Å². The molecule has 0 saturated heterocycles. The van der Waals surface area contributed by atoms with Crippen LogP contribution < -0.4 is 5.32 Å². The standard InChI is InChI=1S/C17H21N3O2/c21-15-8-4-7-13(9-15)17(22)18-11-14-10-16(20-19-14)12-5-2-1-3-6-12/h1-3,5-6,10,13,15,21H,4,7-9,11H2,(H,18,22)(H,19,20)/t13-,15+/m1/s1. The molecule has 2 aromatic rings. The van der Waals surface area contributed by atoms with E-state index in [2.05, 4.69) is 15.5 Å². The molecule has 5 nitrogen and oxygen atoms in total. The first-order chi connectivity index (χ1) is 10.7. The highest BCUT2D eigenvalue weighted by atomic mass is 16.3. The van der Waals surface area contributed by atoms with Gasteiger partial charge in [-0.2, -0.15) is 5.10 Å². The maximum Gasteiger partial charge on any atom is 0.223 e. The molecule has 3 rings (SSSR count). The van der Waals surface area contributed by atoms with Gasteiger partial charge in [-0.05, 0) is 25.3 Å². The second-order valence-corrected chi connectivity index (χ2v) is 5.88. The first-order valence-electron chi connectivity index (χ1n) is 7.78. The number of carbonyl (C=O) groups excluding carboxylic acids is 1. The number of rotatable bonds is 4. The van der Waals surface area contributed by atoms with E-state index in [1.54, 1.807) is 0 Å². The molecule has 0 bridgehead atoms. The van der Waals surface area contributed by atoms with Gasteiger partial charge in [-0.1, -0.05) is 36.8 Å². The summed E-state index contributed by atoms with van der Waals surface area (Å²) in [5.41, 5.74) is 2.80. The van der Waals surface area contributed by atoms with Crippen LogP contribution in [0, 0.1) is 5.92 Å². The summed E-state index contributed by atoms with van der Waals surface area (Å²) in [6.07, 6.45) is 2.83. The van der Waals surface area contributed by atoms with Crippen LogP contribution in [0.4, 0.5) is 0 Å². The van der Waals surface area contributed by atoms with E-state index in [4.69, 9.17) is 0 Å². The lowest BCUT2D eigenvalue weighted by Crippen LogP contribution is -2.34. The number of aromatic amines is 1. The summed E-state index contributed by atoms with van der Waals surface area (Å²) in [6, 6.07) is 11.9. The molecule has 1 aromatic heterocycles. The number of aromatic nitrogens is 2. The topological polar surface area (TPSA) is 78.0 Å². The number of hydrogen-bond acceptors (Lipinski definition) is 3. The SMILES string of the molecule is O=C(NCc1cc(-c2ccccc2)n[nH]1)[C@@H]1CCC[C@H](O)C1. The highest BCUT2D eigenvalue weighted by molar-refractivity contribution is 5.78. The van der Waals surface area contributed by atoms with E-state index in [0.717, 1.165) is 36.2 Å². The van der Waals surface area contributed by atoms with Gasteiger partial charge in [0.1, 0.15) is 0 Å². The summed E-state index contributed by atoms with van der Waals surface area (Å²) in [6.45, 7) is 0.436. The van der Waals surface area contributed by atoms with Gasteiger partial charge in [0.2, 0.25) is 5.91 Å². The Morgan fingerprint density at radius 3 is 2.91 bits per heavy atom. The zero-order chi connectivity index (χ0) is 15.4. The molecule has 1 fully saturated rings. The Bertz CT molecular complexity index is 624. The molecule has 1 saturated carbocycles. The molecule has 116 valence electrons. The Labute approximate surface area is 129 Å². The molecular formula is C17H21N3O2. The fourth-order valence-electron chi connectivity index (χ4n) is 2.94. The molecule has 2 atom stereocenters. The predicted molar refractivity (Wildman–Crippen MR) is 83.8 cm³/mol. The summed E-state index contributed by atoms with van der Waals surface area (Å²) in [5.74, 6) is -0.0464. The Morgan fingerprint density at radius 2 is 2.14 bits per heavy atom. The highest BCUT2D eigenvalue weighted by Crippen LogP contribution is 2.24. The van der Waals surface area contributed by atoms with Gasteiger partial charge in [-0.3, -0.25) is 9.89 Å². The second kappa shape index (κ2) is 6.75. The quantitative estimate of drug-likeness (QED) is 0.810. The Balaban J connectivity index is 1.56. The number of nitrogens with zero attached hydrogens (tertiary/aromatic N) is 1. The van der Waals surface area contributed by atoms with Crippen LogP contribution >= 0.6 is 0 Å². The van der Waals surface area contributed by atoms with E-state index in [1.807, 2.05) is 36.4 Å². The Hall–Kier alpha value is -2.14. The van der Waals surface area contributed by atoms with Gasteiger partial charge < -0.3 is 10.4 Å². The molecule has 1 aliphatic carbocycles. The van der Waals surface area contributed by atoms with Crippen LogP contribution in [0.2, 0.25) is 0 Å². The third-order valence-corrected chi connectivity index (χ3v) is 4.17. The molecular weight excluding hydrogens is 278 g/mol. The first-order valence-corrected chi connectivity index (χ1v) is 7.78. The largest absolute Gasteiger partial charge is 0.393 e. The summed E-state index contributed by atoms with van der Waals surface area (Å²) in [4.78, 5) is 12.1. The summed E-state index contributed by atoms with van der Waals surface area (Å²) >= 11 is 0. The lowest BCUT2D eigenvalue weighted by atomic mass is 9.87. The number of hydrogen-bond donors (Lipinski definition) is 3. The zero-order valence-electron chi connectivity index (χ0n) is 12.5. The minimum Gasteiger partial charge on any atom is -0.393 e. The minimum atomic E-state index is -0.332. The van der Waals surface area contributed by atoms with Crippen molar-refractivity contribution in [1.29, 1.82) is 0 Å². The van der Waals surface area contributed by atoms with E-state index in [1.165, 1.54) is 0 Å². The number of amides is 1. The van der Waals surface area contributed by atoms with E-state index in [9.17, 15) is 9.90 Å². The normalized spacial score (nSPS) is 21.5. The second-order valence-electron chi connectivity index (χ2n) is 5.88. The van der Waals surface area contributed by atoms with Gasteiger partial charge in [0.05, 0.1) is 24.0 Å². The van der Waals surface area contributed by atoms with Crippen molar-refractivity contribution in [1.82, 2.24) is 15.5 Å². The number of nitrogens with one attached hydrogen (secondary N) is 2. The lowest BCUT2D eigenvalue weighted by Gasteiger charge is -2.24. The number of aliphatic hydroxyl groups excluding tert-OH is 1. The highest BCUT2D eigenvalue weighted by Gasteiger charge is 2.25. The van der Waals surface area contributed by atoms with Gasteiger partial charge >= 0.3 is 0 Å². The number of carbonyl (C=O) groups is 1. The van der Waals surface area contributed by atoms with Crippen molar-refractivity contribution < 1.29 is 9.90 Å². The Morgan fingerprint density at radius 1 is 1.32 bits per heavy atom. The van der Waals surface area contributed by atoms with Crippen LogP contribution in [-0.2, 0) is 11.3 Å². The summed E-state index contributed by atoms with van der Waals surface area (Å²) in [7, 11) is 0. The van der Waals surface area contributed by atoms with Crippen LogP contribution in [0.15, 0.2) is 36.4 Å². The molecule has 0 unspecified atom stereocenters. The minimum absolute atomic E-state index is 0.0228. The molecule has 1 heterocycles.